The Morgan fingerprint density at radius 3 is 2.04 bits per heavy atom. The zero-order valence-electron chi connectivity index (χ0n) is 16.5. The molecule has 0 saturated heterocycles. The summed E-state index contributed by atoms with van der Waals surface area (Å²) in [7, 11) is 0. The Bertz CT molecular complexity index is 403. The van der Waals surface area contributed by atoms with Gasteiger partial charge in [-0.2, -0.15) is 0 Å². The molecule has 0 fully saturated rings. The first-order chi connectivity index (χ1) is 13.1. The largest absolute Gasteiger partial charge is 0.379 e. The zero-order chi connectivity index (χ0) is 20.2. The number of nitrogens with one attached hydrogen (secondary N) is 1. The number of Topliss-reactive ketones (excluding diaryl/α,β-unsaturated/α-hetero) is 2. The molecule has 0 heterocycles. The number of rotatable bonds is 20. The minimum absolute atomic E-state index is 0.0502. The van der Waals surface area contributed by atoms with E-state index >= 15 is 0 Å². The van der Waals surface area contributed by atoms with Crippen molar-refractivity contribution in [3.8, 4) is 0 Å². The fourth-order valence-corrected chi connectivity index (χ4v) is 1.79. The van der Waals surface area contributed by atoms with E-state index in [1.807, 2.05) is 6.92 Å². The van der Waals surface area contributed by atoms with Crippen LogP contribution in [0.25, 0.3) is 0 Å². The summed E-state index contributed by atoms with van der Waals surface area (Å²) < 4.78 is 25.8. The number of hydrogen-bond donors (Lipinski definition) is 1. The summed E-state index contributed by atoms with van der Waals surface area (Å²) in [5.41, 5.74) is 0. The summed E-state index contributed by atoms with van der Waals surface area (Å²) in [6.07, 6.45) is 1.12. The molecular formula is C18H33NO8. The Kier molecular flexibility index (Phi) is 18.4. The average Bonchev–Trinajstić information content (AvgIpc) is 2.64. The predicted molar refractivity (Wildman–Crippen MR) is 97.7 cm³/mol. The van der Waals surface area contributed by atoms with E-state index in [0.29, 0.717) is 52.4 Å². The van der Waals surface area contributed by atoms with Crippen LogP contribution in [0.5, 0.6) is 0 Å². The lowest BCUT2D eigenvalue weighted by molar-refractivity contribution is -0.128. The van der Waals surface area contributed by atoms with Gasteiger partial charge >= 0.3 is 0 Å². The van der Waals surface area contributed by atoms with Crippen LogP contribution in [-0.4, -0.2) is 90.1 Å². The molecule has 0 aliphatic carbocycles. The Hall–Kier alpha value is -1.39. The lowest BCUT2D eigenvalue weighted by Gasteiger charge is -2.08. The molecule has 0 aliphatic rings. The third-order valence-corrected chi connectivity index (χ3v) is 3.06. The fourth-order valence-electron chi connectivity index (χ4n) is 1.79. The van der Waals surface area contributed by atoms with E-state index in [2.05, 4.69) is 5.32 Å². The first-order valence-electron chi connectivity index (χ1n) is 9.22. The molecule has 0 aliphatic heterocycles. The molecule has 1 amide bonds. The molecule has 0 bridgehead atoms. The molecule has 27 heavy (non-hydrogen) atoms. The third-order valence-electron chi connectivity index (χ3n) is 3.06. The predicted octanol–water partition coefficient (Wildman–Crippen LogP) is 0.144. The van der Waals surface area contributed by atoms with Gasteiger partial charge in [-0.25, -0.2) is 0 Å². The molecule has 0 atom stereocenters. The SMILES string of the molecule is CCOCC(=O)CCCOCCOCCNC(=O)COCCOCC(C)=O. The highest BCUT2D eigenvalue weighted by atomic mass is 16.5. The van der Waals surface area contributed by atoms with Gasteiger partial charge in [0.05, 0.1) is 33.0 Å². The third kappa shape index (κ3) is 20.8. The lowest BCUT2D eigenvalue weighted by atomic mass is 10.2. The van der Waals surface area contributed by atoms with Crippen LogP contribution in [-0.2, 0) is 38.1 Å². The van der Waals surface area contributed by atoms with E-state index in [-0.39, 0.29) is 50.5 Å². The van der Waals surface area contributed by atoms with Crippen LogP contribution in [0.1, 0.15) is 26.7 Å². The van der Waals surface area contributed by atoms with Crippen molar-refractivity contribution in [2.75, 3.05) is 72.6 Å². The minimum atomic E-state index is -0.238. The first kappa shape index (κ1) is 25.6. The second kappa shape index (κ2) is 19.4. The van der Waals surface area contributed by atoms with Crippen LogP contribution >= 0.6 is 0 Å². The van der Waals surface area contributed by atoms with E-state index in [0.717, 1.165) is 0 Å². The van der Waals surface area contributed by atoms with Gasteiger partial charge in [0, 0.05) is 26.2 Å². The zero-order valence-corrected chi connectivity index (χ0v) is 16.5. The normalized spacial score (nSPS) is 10.7. The summed E-state index contributed by atoms with van der Waals surface area (Å²) >= 11 is 0. The van der Waals surface area contributed by atoms with Crippen LogP contribution in [0.2, 0.25) is 0 Å². The van der Waals surface area contributed by atoms with E-state index in [4.69, 9.17) is 23.7 Å². The highest BCUT2D eigenvalue weighted by Gasteiger charge is 2.02. The van der Waals surface area contributed by atoms with Crippen molar-refractivity contribution < 1.29 is 38.1 Å². The standard InChI is InChI=1S/C18H33NO8/c1-3-23-14-17(21)5-4-7-24-9-10-25-8-6-19-18(22)15-27-12-11-26-13-16(2)20/h3-15H2,1-2H3,(H,19,22). The summed E-state index contributed by atoms with van der Waals surface area (Å²) in [5, 5.41) is 2.66. The fraction of sp³-hybridized carbons (Fsp3) is 0.833. The number of hydrogen-bond acceptors (Lipinski definition) is 8. The second-order valence-corrected chi connectivity index (χ2v) is 5.66. The Balaban J connectivity index is 3.24. The van der Waals surface area contributed by atoms with E-state index in [1.54, 1.807) is 0 Å². The van der Waals surface area contributed by atoms with Gasteiger partial charge < -0.3 is 29.0 Å². The number of ketones is 2. The highest BCUT2D eigenvalue weighted by Crippen LogP contribution is 1.93. The minimum Gasteiger partial charge on any atom is -0.379 e. The van der Waals surface area contributed by atoms with Crippen molar-refractivity contribution in [2.45, 2.75) is 26.7 Å². The summed E-state index contributed by atoms with van der Waals surface area (Å²) in [6.45, 7) is 6.67. The summed E-state index contributed by atoms with van der Waals surface area (Å²) in [6, 6.07) is 0. The van der Waals surface area contributed by atoms with Gasteiger partial charge in [0.2, 0.25) is 5.91 Å². The van der Waals surface area contributed by atoms with Gasteiger partial charge in [-0.3, -0.25) is 14.4 Å². The van der Waals surface area contributed by atoms with E-state index < -0.39 is 0 Å². The van der Waals surface area contributed by atoms with Gasteiger partial charge in [-0.15, -0.1) is 0 Å². The van der Waals surface area contributed by atoms with Crippen molar-refractivity contribution >= 4 is 17.5 Å². The van der Waals surface area contributed by atoms with Crippen molar-refractivity contribution in [1.82, 2.24) is 5.32 Å². The van der Waals surface area contributed by atoms with Crippen LogP contribution in [0.4, 0.5) is 0 Å². The summed E-state index contributed by atoms with van der Waals surface area (Å²) in [4.78, 5) is 33.4. The molecule has 0 spiro atoms. The molecule has 158 valence electrons. The van der Waals surface area contributed by atoms with Gasteiger partial charge in [-0.05, 0) is 20.3 Å². The van der Waals surface area contributed by atoms with Crippen molar-refractivity contribution in [2.24, 2.45) is 0 Å². The quantitative estimate of drug-likeness (QED) is 0.292. The second-order valence-electron chi connectivity index (χ2n) is 5.66. The molecule has 9 heteroatoms. The molecule has 0 aromatic heterocycles. The van der Waals surface area contributed by atoms with E-state index in [1.165, 1.54) is 6.92 Å². The van der Waals surface area contributed by atoms with Gasteiger partial charge in [0.15, 0.2) is 11.6 Å². The average molecular weight is 391 g/mol. The number of amides is 1. The smallest absolute Gasteiger partial charge is 0.246 e. The Labute approximate surface area is 161 Å². The maximum atomic E-state index is 11.5. The maximum Gasteiger partial charge on any atom is 0.246 e. The van der Waals surface area contributed by atoms with Crippen LogP contribution in [0, 0.1) is 0 Å². The molecule has 0 radical (unpaired) electrons. The van der Waals surface area contributed by atoms with Crippen molar-refractivity contribution in [3.63, 3.8) is 0 Å². The molecule has 1 N–H and O–H groups in total. The lowest BCUT2D eigenvalue weighted by Crippen LogP contribution is -2.31. The monoisotopic (exact) mass is 391 g/mol. The van der Waals surface area contributed by atoms with Crippen LogP contribution < -0.4 is 5.32 Å². The first-order valence-corrected chi connectivity index (χ1v) is 9.22. The molecule has 0 aromatic carbocycles. The van der Waals surface area contributed by atoms with Crippen LogP contribution in [0.3, 0.4) is 0 Å². The molecule has 0 saturated carbocycles. The number of ether oxygens (including phenoxy) is 5. The van der Waals surface area contributed by atoms with Gasteiger partial charge in [-0.1, -0.05) is 0 Å². The van der Waals surface area contributed by atoms with Gasteiger partial charge in [0.25, 0.3) is 0 Å². The molecule has 0 rings (SSSR count). The number of carbonyl (C=O) groups is 3. The van der Waals surface area contributed by atoms with Crippen molar-refractivity contribution in [3.05, 3.63) is 0 Å². The molecular weight excluding hydrogens is 358 g/mol. The maximum absolute atomic E-state index is 11.5. The number of carbonyl (C=O) groups excluding carboxylic acids is 3. The molecule has 0 unspecified atom stereocenters. The van der Waals surface area contributed by atoms with Crippen molar-refractivity contribution in [1.29, 1.82) is 0 Å². The summed E-state index contributed by atoms with van der Waals surface area (Å²) in [5.74, 6) is -0.205. The topological polar surface area (TPSA) is 109 Å². The molecule has 9 nitrogen and oxygen atoms in total. The Morgan fingerprint density at radius 1 is 0.741 bits per heavy atom. The Morgan fingerprint density at radius 2 is 1.37 bits per heavy atom. The molecule has 0 aromatic rings. The van der Waals surface area contributed by atoms with E-state index in [9.17, 15) is 14.4 Å². The van der Waals surface area contributed by atoms with Crippen LogP contribution in [0.15, 0.2) is 0 Å². The van der Waals surface area contributed by atoms with Gasteiger partial charge in [0.1, 0.15) is 19.8 Å². The highest BCUT2D eigenvalue weighted by molar-refractivity contribution is 5.79.